The number of pyridine rings is 1. The van der Waals surface area contributed by atoms with E-state index < -0.39 is 18.3 Å². The van der Waals surface area contributed by atoms with Crippen LogP contribution in [0.15, 0.2) is 47.4 Å². The molecule has 2 aromatic carbocycles. The minimum atomic E-state index is -4.89. The lowest BCUT2D eigenvalue weighted by molar-refractivity contribution is -0.275. The van der Waals surface area contributed by atoms with Crippen LogP contribution in [0.3, 0.4) is 0 Å². The average molecular weight is 755 g/mol. The van der Waals surface area contributed by atoms with E-state index in [0.717, 1.165) is 0 Å². The summed E-state index contributed by atoms with van der Waals surface area (Å²) in [5.41, 5.74) is 3.61. The van der Waals surface area contributed by atoms with Gasteiger partial charge in [0.15, 0.2) is 0 Å². The van der Waals surface area contributed by atoms with Crippen LogP contribution in [-0.2, 0) is 23.2 Å². The third-order valence-electron chi connectivity index (χ3n) is 11.1. The Morgan fingerprint density at radius 1 is 0.963 bits per heavy atom. The largest absolute Gasteiger partial charge is 0.573 e. The van der Waals surface area contributed by atoms with Gasteiger partial charge < -0.3 is 24.4 Å². The number of hydrogen-bond acceptors (Lipinski definition) is 7. The number of piperidine rings is 3. The van der Waals surface area contributed by atoms with Crippen LogP contribution in [-0.4, -0.2) is 88.8 Å². The second-order valence-electron chi connectivity index (χ2n) is 14.6. The standard InChI is InChI=1S/C39H46F4N6O5/c1-23-24(2)37(52)46(3)22-31(23)26-5-6-27(34(19-26)54-39(41,42)43)21-48-15-13-29(14-16-48)47(4)38(53)49-17-11-25(12-18-49)30-8-7-28(20-32(30)40)44-33-9-10-35(50)45-36(33)51/h5-8,19-20,22,25,29,33,44H,9-18,21H2,1-4H3,(H,45,50,51). The first kappa shape index (κ1) is 38.8. The monoisotopic (exact) mass is 754 g/mol. The fraction of sp³-hybridized carbons (Fsp3) is 0.487. The summed E-state index contributed by atoms with van der Waals surface area (Å²) in [5.74, 6) is -1.49. The fourth-order valence-electron chi connectivity index (χ4n) is 7.79. The summed E-state index contributed by atoms with van der Waals surface area (Å²) in [6.07, 6.45) is -0.229. The zero-order chi connectivity index (χ0) is 38.9. The number of nitrogens with one attached hydrogen (secondary N) is 2. The highest BCUT2D eigenvalue weighted by molar-refractivity contribution is 6.01. The molecule has 6 rings (SSSR count). The smallest absolute Gasteiger partial charge is 0.405 e. The molecule has 0 aliphatic carbocycles. The second-order valence-corrected chi connectivity index (χ2v) is 14.6. The van der Waals surface area contributed by atoms with Crippen LogP contribution in [0, 0.1) is 19.7 Å². The van der Waals surface area contributed by atoms with Crippen LogP contribution in [0.5, 0.6) is 5.75 Å². The number of hydrogen-bond donors (Lipinski definition) is 2. The molecule has 54 heavy (non-hydrogen) atoms. The molecule has 1 atom stereocenters. The van der Waals surface area contributed by atoms with Crippen molar-refractivity contribution >= 4 is 23.5 Å². The lowest BCUT2D eigenvalue weighted by atomic mass is 9.89. The van der Waals surface area contributed by atoms with E-state index in [1.165, 1.54) is 16.7 Å². The number of carbonyl (C=O) groups is 3. The number of ether oxygens (including phenoxy) is 1. The first-order valence-electron chi connectivity index (χ1n) is 18.3. The Kier molecular flexibility index (Phi) is 11.4. The van der Waals surface area contributed by atoms with Gasteiger partial charge >= 0.3 is 12.4 Å². The molecule has 1 unspecified atom stereocenters. The lowest BCUT2D eigenvalue weighted by Gasteiger charge is -2.40. The predicted octanol–water partition coefficient (Wildman–Crippen LogP) is 5.82. The number of amides is 4. The van der Waals surface area contributed by atoms with Crippen molar-refractivity contribution in [2.45, 2.75) is 83.3 Å². The average Bonchev–Trinajstić information content (AvgIpc) is 3.13. The van der Waals surface area contributed by atoms with Crippen LogP contribution in [0.4, 0.5) is 28.0 Å². The van der Waals surface area contributed by atoms with Gasteiger partial charge in [-0.3, -0.25) is 24.6 Å². The molecular formula is C39H46F4N6O5. The number of anilines is 1. The topological polar surface area (TPSA) is 116 Å². The van der Waals surface area contributed by atoms with Crippen molar-refractivity contribution in [2.75, 3.05) is 38.5 Å². The van der Waals surface area contributed by atoms with Crippen molar-refractivity contribution in [1.29, 1.82) is 0 Å². The summed E-state index contributed by atoms with van der Waals surface area (Å²) in [6.45, 7) is 5.79. The molecule has 15 heteroatoms. The molecule has 11 nitrogen and oxygen atoms in total. The SMILES string of the molecule is Cc1c(-c2ccc(CN3CCC(N(C)C(=O)N4CCC(c5ccc(NC6CCC(=O)NC6=O)cc5F)CC4)CC3)c(OC(F)(F)F)c2)cn(C)c(=O)c1C. The van der Waals surface area contributed by atoms with E-state index in [0.29, 0.717) is 97.4 Å². The zero-order valence-electron chi connectivity index (χ0n) is 30.9. The van der Waals surface area contributed by atoms with Gasteiger partial charge in [-0.2, -0.15) is 0 Å². The maximum Gasteiger partial charge on any atom is 0.573 e. The van der Waals surface area contributed by atoms with Crippen LogP contribution in [0.25, 0.3) is 11.1 Å². The number of likely N-dealkylation sites (tertiary alicyclic amines) is 2. The molecule has 4 amide bonds. The van der Waals surface area contributed by atoms with Gasteiger partial charge in [0, 0.05) is 87.9 Å². The Morgan fingerprint density at radius 2 is 1.67 bits per heavy atom. The third-order valence-corrected chi connectivity index (χ3v) is 11.1. The number of benzene rings is 2. The van der Waals surface area contributed by atoms with E-state index in [4.69, 9.17) is 0 Å². The summed E-state index contributed by atoms with van der Waals surface area (Å²) in [7, 11) is 3.38. The quantitative estimate of drug-likeness (QED) is 0.220. The Hall–Kier alpha value is -4.92. The number of carbonyl (C=O) groups excluding carboxylic acids is 3. The van der Waals surface area contributed by atoms with Crippen molar-refractivity contribution < 1.29 is 36.7 Å². The normalized spacial score (nSPS) is 19.1. The highest BCUT2D eigenvalue weighted by Crippen LogP contribution is 2.35. The first-order chi connectivity index (χ1) is 25.6. The number of halogens is 4. The molecule has 0 radical (unpaired) electrons. The number of urea groups is 1. The first-order valence-corrected chi connectivity index (χ1v) is 18.3. The molecule has 3 fully saturated rings. The van der Waals surface area contributed by atoms with Crippen LogP contribution in [0.1, 0.15) is 66.7 Å². The van der Waals surface area contributed by atoms with E-state index in [1.54, 1.807) is 68.2 Å². The van der Waals surface area contributed by atoms with E-state index in [2.05, 4.69) is 20.3 Å². The Bertz CT molecular complexity index is 1970. The van der Waals surface area contributed by atoms with Gasteiger partial charge in [0.05, 0.1) is 0 Å². The van der Waals surface area contributed by atoms with Crippen molar-refractivity contribution in [2.24, 2.45) is 7.05 Å². The number of aromatic nitrogens is 1. The fourth-order valence-corrected chi connectivity index (χ4v) is 7.79. The molecular weight excluding hydrogens is 708 g/mol. The number of aryl methyl sites for hydroxylation is 1. The summed E-state index contributed by atoms with van der Waals surface area (Å²) < 4.78 is 61.7. The number of nitrogens with zero attached hydrogens (tertiary/aromatic N) is 4. The molecule has 0 bridgehead atoms. The molecule has 4 heterocycles. The number of rotatable bonds is 8. The minimum Gasteiger partial charge on any atom is -0.405 e. The maximum absolute atomic E-state index is 15.2. The zero-order valence-corrected chi connectivity index (χ0v) is 30.9. The Balaban J connectivity index is 1.02. The van der Waals surface area contributed by atoms with Gasteiger partial charge in [-0.05, 0) is 86.8 Å². The highest BCUT2D eigenvalue weighted by atomic mass is 19.4. The highest BCUT2D eigenvalue weighted by Gasteiger charge is 2.34. The molecule has 1 aromatic heterocycles. The molecule has 0 spiro atoms. The summed E-state index contributed by atoms with van der Waals surface area (Å²) in [4.78, 5) is 55.0. The van der Waals surface area contributed by atoms with Gasteiger partial charge in [-0.15, -0.1) is 13.2 Å². The van der Waals surface area contributed by atoms with E-state index in [9.17, 15) is 32.3 Å². The van der Waals surface area contributed by atoms with Crippen molar-refractivity contribution in [3.8, 4) is 16.9 Å². The summed E-state index contributed by atoms with van der Waals surface area (Å²) in [5, 5.41) is 5.29. The number of alkyl halides is 3. The molecule has 3 aliphatic heterocycles. The second kappa shape index (κ2) is 15.8. The van der Waals surface area contributed by atoms with E-state index in [1.807, 2.05) is 0 Å². The van der Waals surface area contributed by atoms with Crippen LogP contribution in [0.2, 0.25) is 0 Å². The Morgan fingerprint density at radius 3 is 2.31 bits per heavy atom. The molecule has 3 saturated heterocycles. The minimum absolute atomic E-state index is 0.0439. The van der Waals surface area contributed by atoms with Crippen molar-refractivity contribution in [3.05, 3.63) is 81.0 Å². The van der Waals surface area contributed by atoms with E-state index in [-0.39, 0.29) is 54.0 Å². The van der Waals surface area contributed by atoms with E-state index >= 15 is 4.39 Å². The van der Waals surface area contributed by atoms with Gasteiger partial charge in [0.2, 0.25) is 11.8 Å². The van der Waals surface area contributed by atoms with Gasteiger partial charge in [-0.1, -0.05) is 18.2 Å². The maximum atomic E-state index is 15.2. The third kappa shape index (κ3) is 8.72. The number of imide groups is 1. The van der Waals surface area contributed by atoms with Crippen LogP contribution < -0.4 is 20.9 Å². The molecule has 290 valence electrons. The van der Waals surface area contributed by atoms with Gasteiger partial charge in [0.25, 0.3) is 5.56 Å². The Labute approximate surface area is 311 Å². The van der Waals surface area contributed by atoms with Crippen molar-refractivity contribution in [3.63, 3.8) is 0 Å². The summed E-state index contributed by atoms with van der Waals surface area (Å²) in [6, 6.07) is 8.83. The van der Waals surface area contributed by atoms with Crippen LogP contribution >= 0.6 is 0 Å². The molecule has 0 saturated carbocycles. The summed E-state index contributed by atoms with van der Waals surface area (Å²) >= 11 is 0. The molecule has 3 aliphatic rings. The van der Waals surface area contributed by atoms with Gasteiger partial charge in [-0.25, -0.2) is 9.18 Å². The molecule has 2 N–H and O–H groups in total. The lowest BCUT2D eigenvalue weighted by Crippen LogP contribution is -2.51. The molecule has 3 aromatic rings. The van der Waals surface area contributed by atoms with Crippen molar-refractivity contribution in [1.82, 2.24) is 24.6 Å². The van der Waals surface area contributed by atoms with Gasteiger partial charge in [0.1, 0.15) is 17.6 Å². The predicted molar refractivity (Wildman–Crippen MR) is 194 cm³/mol.